The molecule has 1 aromatic rings. The highest BCUT2D eigenvalue weighted by Gasteiger charge is 2.37. The maximum atomic E-state index is 13.2. The van der Waals surface area contributed by atoms with Crippen molar-refractivity contribution >= 4 is 0 Å². The van der Waals surface area contributed by atoms with Crippen molar-refractivity contribution in [3.8, 4) is 0 Å². The molecule has 0 aromatic heterocycles. The van der Waals surface area contributed by atoms with Gasteiger partial charge in [0.2, 0.25) is 0 Å². The van der Waals surface area contributed by atoms with Crippen LogP contribution in [0.15, 0.2) is 18.2 Å². The lowest BCUT2D eigenvalue weighted by molar-refractivity contribution is -0.0468. The second kappa shape index (κ2) is 5.17. The van der Waals surface area contributed by atoms with Gasteiger partial charge in [0.05, 0.1) is 12.7 Å². The zero-order valence-electron chi connectivity index (χ0n) is 10.9. The monoisotopic (exact) mass is 267 g/mol. The summed E-state index contributed by atoms with van der Waals surface area (Å²) in [5.41, 5.74) is 0.677. The molecule has 104 valence electrons. The molecule has 0 amide bonds. The summed E-state index contributed by atoms with van der Waals surface area (Å²) in [6.07, 6.45) is 5.78. The Morgan fingerprint density at radius 1 is 1.05 bits per heavy atom. The molecule has 1 unspecified atom stereocenters. The van der Waals surface area contributed by atoms with Crippen LogP contribution in [0.5, 0.6) is 0 Å². The molecule has 19 heavy (non-hydrogen) atoms. The van der Waals surface area contributed by atoms with Crippen LogP contribution in [0.4, 0.5) is 8.78 Å². The first-order valence-corrected chi connectivity index (χ1v) is 7.00. The fourth-order valence-corrected chi connectivity index (χ4v) is 3.20. The first kappa shape index (κ1) is 13.0. The maximum absolute atomic E-state index is 13.2. The molecular formula is C15H19F2NO. The van der Waals surface area contributed by atoms with Crippen LogP contribution in [-0.4, -0.2) is 18.7 Å². The normalized spacial score (nSPS) is 26.5. The molecule has 1 saturated heterocycles. The van der Waals surface area contributed by atoms with Gasteiger partial charge in [-0.25, -0.2) is 8.78 Å². The van der Waals surface area contributed by atoms with E-state index in [-0.39, 0.29) is 11.6 Å². The number of hydrogen-bond donors (Lipinski definition) is 1. The van der Waals surface area contributed by atoms with Gasteiger partial charge in [0.1, 0.15) is 11.6 Å². The quantitative estimate of drug-likeness (QED) is 0.842. The van der Waals surface area contributed by atoms with Crippen molar-refractivity contribution in [3.05, 3.63) is 35.4 Å². The van der Waals surface area contributed by atoms with Crippen LogP contribution in [0.3, 0.4) is 0 Å². The fourth-order valence-electron chi connectivity index (χ4n) is 3.20. The van der Waals surface area contributed by atoms with Crippen molar-refractivity contribution in [1.82, 2.24) is 5.32 Å². The largest absolute Gasteiger partial charge is 0.370 e. The predicted octanol–water partition coefficient (Wildman–Crippen LogP) is 3.33. The van der Waals surface area contributed by atoms with E-state index in [2.05, 4.69) is 5.32 Å². The SMILES string of the molecule is Fc1cc(F)cc(C2CNC3(CCCCC3)CO2)c1. The third-order valence-corrected chi connectivity index (χ3v) is 4.29. The van der Waals surface area contributed by atoms with Crippen molar-refractivity contribution in [3.63, 3.8) is 0 Å². The van der Waals surface area contributed by atoms with E-state index in [0.29, 0.717) is 18.7 Å². The Hall–Kier alpha value is -1.00. The number of benzene rings is 1. The van der Waals surface area contributed by atoms with Gasteiger partial charge < -0.3 is 10.1 Å². The van der Waals surface area contributed by atoms with E-state index in [4.69, 9.17) is 4.74 Å². The van der Waals surface area contributed by atoms with E-state index < -0.39 is 11.6 Å². The standard InChI is InChI=1S/C15H19F2NO/c16-12-6-11(7-13(17)8-12)14-9-18-15(10-19-14)4-2-1-3-5-15/h6-8,14,18H,1-5,9-10H2. The van der Waals surface area contributed by atoms with Gasteiger partial charge in [-0.1, -0.05) is 19.3 Å². The Kier molecular flexibility index (Phi) is 3.54. The van der Waals surface area contributed by atoms with Crippen LogP contribution in [0, 0.1) is 11.6 Å². The van der Waals surface area contributed by atoms with E-state index in [9.17, 15) is 8.78 Å². The van der Waals surface area contributed by atoms with E-state index in [1.54, 1.807) is 0 Å². The minimum Gasteiger partial charge on any atom is -0.370 e. The number of morpholine rings is 1. The lowest BCUT2D eigenvalue weighted by atomic mass is 9.81. The van der Waals surface area contributed by atoms with Crippen molar-refractivity contribution < 1.29 is 13.5 Å². The van der Waals surface area contributed by atoms with Gasteiger partial charge in [0, 0.05) is 18.2 Å². The zero-order valence-corrected chi connectivity index (χ0v) is 10.9. The second-order valence-corrected chi connectivity index (χ2v) is 5.72. The minimum absolute atomic E-state index is 0.0978. The summed E-state index contributed by atoms with van der Waals surface area (Å²) in [5.74, 6) is -1.09. The molecule has 1 saturated carbocycles. The van der Waals surface area contributed by atoms with Crippen molar-refractivity contribution in [1.29, 1.82) is 0 Å². The van der Waals surface area contributed by atoms with Gasteiger partial charge in [-0.15, -0.1) is 0 Å². The number of rotatable bonds is 1. The summed E-state index contributed by atoms with van der Waals surface area (Å²) in [5, 5.41) is 3.55. The van der Waals surface area contributed by atoms with Crippen LogP contribution < -0.4 is 5.32 Å². The first-order chi connectivity index (χ1) is 9.17. The van der Waals surface area contributed by atoms with E-state index in [1.165, 1.54) is 31.4 Å². The van der Waals surface area contributed by atoms with Crippen molar-refractivity contribution in [2.75, 3.05) is 13.2 Å². The van der Waals surface area contributed by atoms with Gasteiger partial charge in [-0.2, -0.15) is 0 Å². The molecule has 4 heteroatoms. The van der Waals surface area contributed by atoms with Gasteiger partial charge in [-0.05, 0) is 30.5 Å². The molecule has 3 rings (SSSR count). The molecule has 1 atom stereocenters. The molecule has 1 aliphatic carbocycles. The highest BCUT2D eigenvalue weighted by atomic mass is 19.1. The van der Waals surface area contributed by atoms with Crippen molar-refractivity contribution in [2.24, 2.45) is 0 Å². The Morgan fingerprint density at radius 3 is 2.32 bits per heavy atom. The van der Waals surface area contributed by atoms with Crippen LogP contribution in [0.25, 0.3) is 0 Å². The lowest BCUT2D eigenvalue weighted by Gasteiger charge is -2.43. The summed E-state index contributed by atoms with van der Waals surface area (Å²) in [6, 6.07) is 3.60. The van der Waals surface area contributed by atoms with Crippen LogP contribution in [0.1, 0.15) is 43.8 Å². The Bertz CT molecular complexity index is 427. The van der Waals surface area contributed by atoms with E-state index in [0.717, 1.165) is 18.9 Å². The molecule has 1 aromatic carbocycles. The average Bonchev–Trinajstić information content (AvgIpc) is 2.39. The summed E-state index contributed by atoms with van der Waals surface area (Å²) in [6.45, 7) is 1.26. The summed E-state index contributed by atoms with van der Waals surface area (Å²) < 4.78 is 32.3. The third-order valence-electron chi connectivity index (χ3n) is 4.29. The number of halogens is 2. The lowest BCUT2D eigenvalue weighted by Crippen LogP contribution is -2.55. The summed E-state index contributed by atoms with van der Waals surface area (Å²) in [7, 11) is 0. The molecule has 2 fully saturated rings. The second-order valence-electron chi connectivity index (χ2n) is 5.72. The van der Waals surface area contributed by atoms with Gasteiger partial charge >= 0.3 is 0 Å². The highest BCUT2D eigenvalue weighted by molar-refractivity contribution is 5.21. The Balaban J connectivity index is 1.69. The van der Waals surface area contributed by atoms with Crippen LogP contribution in [-0.2, 0) is 4.74 Å². The molecular weight excluding hydrogens is 248 g/mol. The van der Waals surface area contributed by atoms with Crippen LogP contribution >= 0.6 is 0 Å². The summed E-state index contributed by atoms with van der Waals surface area (Å²) in [4.78, 5) is 0. The Labute approximate surface area is 112 Å². The average molecular weight is 267 g/mol. The maximum Gasteiger partial charge on any atom is 0.126 e. The van der Waals surface area contributed by atoms with Gasteiger partial charge in [0.25, 0.3) is 0 Å². The first-order valence-electron chi connectivity index (χ1n) is 7.00. The van der Waals surface area contributed by atoms with Crippen molar-refractivity contribution in [2.45, 2.75) is 43.7 Å². The molecule has 1 N–H and O–H groups in total. The molecule has 1 spiro atoms. The predicted molar refractivity (Wildman–Crippen MR) is 68.9 cm³/mol. The molecule has 0 radical (unpaired) electrons. The fraction of sp³-hybridized carbons (Fsp3) is 0.600. The van der Waals surface area contributed by atoms with E-state index >= 15 is 0 Å². The molecule has 2 nitrogen and oxygen atoms in total. The topological polar surface area (TPSA) is 21.3 Å². The van der Waals surface area contributed by atoms with E-state index in [1.807, 2.05) is 0 Å². The number of hydrogen-bond acceptors (Lipinski definition) is 2. The highest BCUT2D eigenvalue weighted by Crippen LogP contribution is 2.34. The Morgan fingerprint density at radius 2 is 1.74 bits per heavy atom. The van der Waals surface area contributed by atoms with Gasteiger partial charge in [-0.3, -0.25) is 0 Å². The molecule has 2 aliphatic rings. The third kappa shape index (κ3) is 2.79. The van der Waals surface area contributed by atoms with Gasteiger partial charge in [0.15, 0.2) is 0 Å². The smallest absolute Gasteiger partial charge is 0.126 e. The summed E-state index contributed by atoms with van der Waals surface area (Å²) >= 11 is 0. The molecule has 1 heterocycles. The minimum atomic E-state index is -0.545. The molecule has 1 aliphatic heterocycles. The zero-order chi connectivity index (χ0) is 13.3. The van der Waals surface area contributed by atoms with Crippen LogP contribution in [0.2, 0.25) is 0 Å². The number of ether oxygens (including phenoxy) is 1. The number of nitrogens with one attached hydrogen (secondary N) is 1. The molecule has 0 bridgehead atoms.